The summed E-state index contributed by atoms with van der Waals surface area (Å²) in [5, 5.41) is -0.322. The summed E-state index contributed by atoms with van der Waals surface area (Å²) in [6.07, 6.45) is -4.59. The SMILES string of the molecule is CC(=O)OC[C@H]1OC(SC2c3ccccc3Oc3ccccc32)[C@@H](OC(C)=O)[C@@H](OC(C)=O)[C@@H]1OC(C)=O. The quantitative estimate of drug-likeness (QED) is 0.374. The fraction of sp³-hybridized carbons (Fsp3) is 0.407. The van der Waals surface area contributed by atoms with Gasteiger partial charge in [0, 0.05) is 38.8 Å². The Hall–Kier alpha value is -3.57. The van der Waals surface area contributed by atoms with Crippen molar-refractivity contribution in [3.8, 4) is 11.5 Å². The Kier molecular flexibility index (Phi) is 8.58. The van der Waals surface area contributed by atoms with Crippen molar-refractivity contribution >= 4 is 35.6 Å². The van der Waals surface area contributed by atoms with E-state index < -0.39 is 53.7 Å². The number of rotatable bonds is 7. The standard InChI is InChI=1S/C27H28O10S/c1-14(28)32-13-22-23(33-15(2)29)24(34-16(3)30)25(35-17(4)31)27(37-22)38-26-18-9-5-7-11-20(18)36-21-12-8-6-10-19(21)26/h5-12,22-27H,13H2,1-4H3/t22-,23-,24+,25+,27?/m1/s1. The molecular formula is C27H28O10S. The van der Waals surface area contributed by atoms with Crippen molar-refractivity contribution in [2.75, 3.05) is 6.61 Å². The molecule has 10 nitrogen and oxygen atoms in total. The van der Waals surface area contributed by atoms with Gasteiger partial charge in [-0.25, -0.2) is 0 Å². The van der Waals surface area contributed by atoms with Crippen molar-refractivity contribution in [1.82, 2.24) is 0 Å². The van der Waals surface area contributed by atoms with E-state index >= 15 is 0 Å². The van der Waals surface area contributed by atoms with Gasteiger partial charge in [0.1, 0.15) is 29.6 Å². The molecule has 11 heteroatoms. The number of hydrogen-bond acceptors (Lipinski definition) is 11. The molecule has 0 spiro atoms. The molecule has 2 aliphatic rings. The van der Waals surface area contributed by atoms with Gasteiger partial charge in [0.15, 0.2) is 18.3 Å². The molecule has 5 atom stereocenters. The minimum absolute atomic E-state index is 0.282. The van der Waals surface area contributed by atoms with Crippen molar-refractivity contribution in [2.24, 2.45) is 0 Å². The molecule has 2 aromatic rings. The summed E-state index contributed by atoms with van der Waals surface area (Å²) >= 11 is 1.31. The molecule has 2 aliphatic heterocycles. The van der Waals surface area contributed by atoms with Crippen LogP contribution in [0.3, 0.4) is 0 Å². The number of carbonyl (C=O) groups is 4. The minimum Gasteiger partial charge on any atom is -0.463 e. The highest BCUT2D eigenvalue weighted by atomic mass is 32.2. The minimum atomic E-state index is -1.22. The Bertz CT molecular complexity index is 1170. The third-order valence-corrected chi connectivity index (χ3v) is 7.27. The number of benzene rings is 2. The largest absolute Gasteiger partial charge is 0.463 e. The first kappa shape index (κ1) is 27.5. The fourth-order valence-electron chi connectivity index (χ4n) is 4.45. The summed E-state index contributed by atoms with van der Waals surface area (Å²) in [6, 6.07) is 15.1. The van der Waals surface area contributed by atoms with Gasteiger partial charge in [-0.2, -0.15) is 0 Å². The van der Waals surface area contributed by atoms with Gasteiger partial charge in [0.2, 0.25) is 0 Å². The Morgan fingerprint density at radius 2 is 1.21 bits per heavy atom. The lowest BCUT2D eigenvalue weighted by Crippen LogP contribution is -2.61. The maximum atomic E-state index is 12.2. The van der Waals surface area contributed by atoms with Crippen molar-refractivity contribution in [1.29, 1.82) is 0 Å². The van der Waals surface area contributed by atoms with Crippen LogP contribution in [-0.4, -0.2) is 60.3 Å². The van der Waals surface area contributed by atoms with Gasteiger partial charge in [0.25, 0.3) is 0 Å². The van der Waals surface area contributed by atoms with Gasteiger partial charge >= 0.3 is 23.9 Å². The van der Waals surface area contributed by atoms with Crippen LogP contribution in [0.5, 0.6) is 11.5 Å². The second-order valence-corrected chi connectivity index (χ2v) is 9.97. The molecule has 4 rings (SSSR count). The van der Waals surface area contributed by atoms with Crippen molar-refractivity contribution in [2.45, 2.75) is 62.8 Å². The van der Waals surface area contributed by atoms with Gasteiger partial charge in [-0.1, -0.05) is 36.4 Å². The van der Waals surface area contributed by atoms with E-state index in [9.17, 15) is 19.2 Å². The van der Waals surface area contributed by atoms with Crippen LogP contribution in [-0.2, 0) is 42.9 Å². The van der Waals surface area contributed by atoms with Crippen molar-refractivity contribution in [3.63, 3.8) is 0 Å². The number of thioether (sulfide) groups is 1. The predicted octanol–water partition coefficient (Wildman–Crippen LogP) is 3.70. The fourth-order valence-corrected chi connectivity index (χ4v) is 5.97. The molecule has 0 aromatic heterocycles. The van der Waals surface area contributed by atoms with E-state index in [1.807, 2.05) is 48.5 Å². The number of hydrogen-bond donors (Lipinski definition) is 0. The van der Waals surface area contributed by atoms with E-state index in [2.05, 4.69) is 0 Å². The van der Waals surface area contributed by atoms with Crippen LogP contribution >= 0.6 is 11.8 Å². The van der Waals surface area contributed by atoms with Gasteiger partial charge in [-0.15, -0.1) is 11.8 Å². The van der Waals surface area contributed by atoms with Crippen LogP contribution < -0.4 is 4.74 Å². The van der Waals surface area contributed by atoms with Crippen LogP contribution in [0.15, 0.2) is 48.5 Å². The van der Waals surface area contributed by atoms with E-state index in [-0.39, 0.29) is 11.9 Å². The summed E-state index contributed by atoms with van der Waals surface area (Å²) < 4.78 is 34.2. The van der Waals surface area contributed by atoms with Crippen LogP contribution in [0.2, 0.25) is 0 Å². The summed E-state index contributed by atoms with van der Waals surface area (Å²) in [5.41, 5.74) is 0.813. The number of fused-ring (bicyclic) bond motifs is 2. The molecule has 0 radical (unpaired) electrons. The van der Waals surface area contributed by atoms with Gasteiger partial charge < -0.3 is 28.4 Å². The third kappa shape index (κ3) is 6.28. The molecule has 0 amide bonds. The Balaban J connectivity index is 1.76. The van der Waals surface area contributed by atoms with Gasteiger partial charge in [0.05, 0.1) is 5.25 Å². The second-order valence-electron chi connectivity index (χ2n) is 8.76. The van der Waals surface area contributed by atoms with E-state index in [0.717, 1.165) is 11.1 Å². The number of carbonyl (C=O) groups excluding carboxylic acids is 4. The highest BCUT2D eigenvalue weighted by Crippen LogP contribution is 2.52. The maximum absolute atomic E-state index is 12.2. The molecular weight excluding hydrogens is 516 g/mol. The van der Waals surface area contributed by atoms with Crippen LogP contribution in [0.4, 0.5) is 0 Å². The molecule has 1 fully saturated rings. The smallest absolute Gasteiger partial charge is 0.303 e. The first-order valence-corrected chi connectivity index (χ1v) is 12.9. The highest BCUT2D eigenvalue weighted by Gasteiger charge is 2.53. The van der Waals surface area contributed by atoms with E-state index in [0.29, 0.717) is 11.5 Å². The van der Waals surface area contributed by atoms with Crippen molar-refractivity contribution in [3.05, 3.63) is 59.7 Å². The number of para-hydroxylation sites is 2. The molecule has 38 heavy (non-hydrogen) atoms. The third-order valence-electron chi connectivity index (χ3n) is 5.84. The van der Waals surface area contributed by atoms with Gasteiger partial charge in [-0.05, 0) is 12.1 Å². The molecule has 0 bridgehead atoms. The lowest BCUT2D eigenvalue weighted by molar-refractivity contribution is -0.237. The van der Waals surface area contributed by atoms with Crippen LogP contribution in [0.1, 0.15) is 44.1 Å². The molecule has 1 saturated heterocycles. The topological polar surface area (TPSA) is 124 Å². The zero-order valence-electron chi connectivity index (χ0n) is 21.3. The van der Waals surface area contributed by atoms with E-state index in [1.165, 1.54) is 39.5 Å². The average Bonchev–Trinajstić information content (AvgIpc) is 2.85. The summed E-state index contributed by atoms with van der Waals surface area (Å²) in [7, 11) is 0. The zero-order chi connectivity index (χ0) is 27.4. The summed E-state index contributed by atoms with van der Waals surface area (Å²) in [4.78, 5) is 47.9. The summed E-state index contributed by atoms with van der Waals surface area (Å²) in [6.45, 7) is 4.55. The Morgan fingerprint density at radius 3 is 1.74 bits per heavy atom. The first-order valence-electron chi connectivity index (χ1n) is 12.0. The maximum Gasteiger partial charge on any atom is 0.303 e. The molecule has 202 valence electrons. The normalized spacial score (nSPS) is 24.2. The average molecular weight is 545 g/mol. The lowest BCUT2D eigenvalue weighted by Gasteiger charge is -2.45. The van der Waals surface area contributed by atoms with Crippen LogP contribution in [0.25, 0.3) is 0 Å². The van der Waals surface area contributed by atoms with Gasteiger partial charge in [-0.3, -0.25) is 19.2 Å². The first-order chi connectivity index (χ1) is 18.1. The molecule has 0 saturated carbocycles. The molecule has 1 unspecified atom stereocenters. The molecule has 2 heterocycles. The Morgan fingerprint density at radius 1 is 0.711 bits per heavy atom. The molecule has 0 N–H and O–H groups in total. The molecule has 0 aliphatic carbocycles. The lowest BCUT2D eigenvalue weighted by atomic mass is 9.99. The highest BCUT2D eigenvalue weighted by molar-refractivity contribution is 8.00. The van der Waals surface area contributed by atoms with E-state index in [1.54, 1.807) is 0 Å². The monoisotopic (exact) mass is 544 g/mol. The second kappa shape index (κ2) is 11.9. The summed E-state index contributed by atoms with van der Waals surface area (Å²) in [5.74, 6) is -1.25. The van der Waals surface area contributed by atoms with Crippen molar-refractivity contribution < 1.29 is 47.6 Å². The predicted molar refractivity (Wildman–Crippen MR) is 134 cm³/mol. The zero-order valence-corrected chi connectivity index (χ0v) is 22.1. The number of esters is 4. The Labute approximate surface area is 223 Å². The molecule has 2 aromatic carbocycles. The van der Waals surface area contributed by atoms with E-state index in [4.69, 9.17) is 28.4 Å². The van der Waals surface area contributed by atoms with Crippen LogP contribution in [0, 0.1) is 0 Å². The number of ether oxygens (including phenoxy) is 6.